The van der Waals surface area contributed by atoms with Crippen molar-refractivity contribution in [2.45, 2.75) is 17.5 Å². The number of non-ortho nitro benzene ring substituents is 1. The number of amides is 1. The van der Waals surface area contributed by atoms with Crippen molar-refractivity contribution in [2.75, 3.05) is 5.32 Å². The fourth-order valence-electron chi connectivity index (χ4n) is 6.97. The average molecular weight is 610 g/mol. The first-order chi connectivity index (χ1) is 20.7. The highest BCUT2D eigenvalue weighted by Crippen LogP contribution is 2.62. The summed E-state index contributed by atoms with van der Waals surface area (Å²) in [7, 11) is 0. The highest BCUT2D eigenvalue weighted by molar-refractivity contribution is 6.37. The summed E-state index contributed by atoms with van der Waals surface area (Å²) in [6.45, 7) is 0. The predicted molar refractivity (Wildman–Crippen MR) is 162 cm³/mol. The minimum absolute atomic E-state index is 0.0212. The Balaban J connectivity index is 1.54. The standard InChI is InChI=1S/C33H21Cl2N3O5/c34-20-12-13-23(25(35)17-20)30(40)28-27(29(39)19-7-5-8-21(16-19)38(42)43)33(24-10-3-4-11-26(24)36-32(33)41)31-22-9-2-1-6-18(22)14-15-37(28)31/h1-17,27-28,31H,(H,36,41). The molecule has 3 heterocycles. The maximum atomic E-state index is 14.8. The second kappa shape index (κ2) is 9.90. The SMILES string of the molecule is O=C(c1ccc(Cl)cc1Cl)C1C(C(=O)c2cccc([N+](=O)[O-])c2)C2(C(=O)Nc3ccccc32)C2c3ccccc3C=CN12. The van der Waals surface area contributed by atoms with Crippen molar-refractivity contribution < 1.29 is 19.3 Å². The van der Waals surface area contributed by atoms with E-state index in [4.69, 9.17) is 23.2 Å². The van der Waals surface area contributed by atoms with Crippen LogP contribution in [0.4, 0.5) is 11.4 Å². The van der Waals surface area contributed by atoms with Crippen LogP contribution in [0, 0.1) is 16.0 Å². The number of para-hydroxylation sites is 1. The molecule has 4 aromatic rings. The van der Waals surface area contributed by atoms with Crippen molar-refractivity contribution >= 4 is 58.1 Å². The third kappa shape index (κ3) is 3.87. The van der Waals surface area contributed by atoms with Crippen LogP contribution in [0.2, 0.25) is 10.0 Å². The van der Waals surface area contributed by atoms with E-state index < -0.39 is 45.8 Å². The van der Waals surface area contributed by atoms with Crippen LogP contribution >= 0.6 is 23.2 Å². The van der Waals surface area contributed by atoms with Crippen molar-refractivity contribution in [1.29, 1.82) is 0 Å². The lowest BCUT2D eigenvalue weighted by atomic mass is 9.62. The fourth-order valence-corrected chi connectivity index (χ4v) is 7.47. The first kappa shape index (κ1) is 27.1. The first-order valence-electron chi connectivity index (χ1n) is 13.5. The lowest BCUT2D eigenvalue weighted by molar-refractivity contribution is -0.384. The van der Waals surface area contributed by atoms with Crippen LogP contribution in [0.25, 0.3) is 6.08 Å². The number of halogens is 2. The van der Waals surface area contributed by atoms with Crippen molar-refractivity contribution in [1.82, 2.24) is 4.90 Å². The van der Waals surface area contributed by atoms with E-state index >= 15 is 0 Å². The lowest BCUT2D eigenvalue weighted by Crippen LogP contribution is -2.49. The number of ketones is 2. The van der Waals surface area contributed by atoms with Gasteiger partial charge in [-0.2, -0.15) is 0 Å². The number of benzene rings is 4. The van der Waals surface area contributed by atoms with Gasteiger partial charge in [0, 0.05) is 40.2 Å². The minimum atomic E-state index is -1.57. The predicted octanol–water partition coefficient (Wildman–Crippen LogP) is 6.88. The molecule has 7 rings (SSSR count). The molecule has 0 aliphatic carbocycles. The molecule has 0 radical (unpaired) electrons. The molecule has 10 heteroatoms. The second-order valence-corrected chi connectivity index (χ2v) is 11.6. The van der Waals surface area contributed by atoms with Crippen LogP contribution in [-0.2, 0) is 10.2 Å². The van der Waals surface area contributed by atoms with Gasteiger partial charge in [0.1, 0.15) is 11.5 Å². The number of hydrogen-bond donors (Lipinski definition) is 1. The van der Waals surface area contributed by atoms with E-state index in [1.165, 1.54) is 36.4 Å². The zero-order valence-electron chi connectivity index (χ0n) is 22.2. The van der Waals surface area contributed by atoms with Gasteiger partial charge in [-0.25, -0.2) is 0 Å². The van der Waals surface area contributed by atoms with Crippen LogP contribution in [0.5, 0.6) is 0 Å². The van der Waals surface area contributed by atoms with E-state index in [1.54, 1.807) is 41.4 Å². The van der Waals surface area contributed by atoms with Crippen LogP contribution in [0.1, 0.15) is 43.4 Å². The van der Waals surface area contributed by atoms with Crippen LogP contribution in [0.15, 0.2) is 97.2 Å². The van der Waals surface area contributed by atoms with Crippen molar-refractivity contribution in [3.63, 3.8) is 0 Å². The zero-order valence-corrected chi connectivity index (χ0v) is 23.8. The molecule has 4 unspecified atom stereocenters. The fraction of sp³-hybridized carbons (Fsp3) is 0.121. The summed E-state index contributed by atoms with van der Waals surface area (Å²) in [5.41, 5.74) is 1.04. The van der Waals surface area contributed by atoms with Crippen LogP contribution in [0.3, 0.4) is 0 Å². The third-order valence-electron chi connectivity index (χ3n) is 8.66. The van der Waals surface area contributed by atoms with Gasteiger partial charge in [0.2, 0.25) is 5.91 Å². The largest absolute Gasteiger partial charge is 0.358 e. The van der Waals surface area contributed by atoms with E-state index in [9.17, 15) is 24.5 Å². The Morgan fingerprint density at radius 3 is 2.47 bits per heavy atom. The molecule has 1 fully saturated rings. The number of hydrogen-bond acceptors (Lipinski definition) is 6. The average Bonchev–Trinajstić information content (AvgIpc) is 3.48. The summed E-state index contributed by atoms with van der Waals surface area (Å²) in [4.78, 5) is 56.8. The zero-order chi connectivity index (χ0) is 30.0. The van der Waals surface area contributed by atoms with Gasteiger partial charge in [-0.3, -0.25) is 24.5 Å². The van der Waals surface area contributed by atoms with Gasteiger partial charge in [-0.05, 0) is 47.0 Å². The molecule has 43 heavy (non-hydrogen) atoms. The number of nitro groups is 1. The summed E-state index contributed by atoms with van der Waals surface area (Å²) in [6.07, 6.45) is 3.60. The second-order valence-electron chi connectivity index (χ2n) is 10.7. The Morgan fingerprint density at radius 1 is 0.907 bits per heavy atom. The molecule has 4 atom stereocenters. The highest BCUT2D eigenvalue weighted by atomic mass is 35.5. The number of carbonyl (C=O) groups is 3. The molecular formula is C33H21Cl2N3O5. The van der Waals surface area contributed by atoms with Crippen molar-refractivity contribution in [3.05, 3.63) is 145 Å². The Morgan fingerprint density at radius 2 is 1.67 bits per heavy atom. The molecule has 1 amide bonds. The Labute approximate surface area is 255 Å². The number of nitrogens with zero attached hydrogens (tertiary/aromatic N) is 2. The molecule has 1 saturated heterocycles. The molecule has 1 spiro atoms. The summed E-state index contributed by atoms with van der Waals surface area (Å²) < 4.78 is 0. The maximum Gasteiger partial charge on any atom is 0.270 e. The number of nitro benzene ring substituents is 1. The number of nitrogens with one attached hydrogen (secondary N) is 1. The van der Waals surface area contributed by atoms with E-state index in [0.717, 1.165) is 11.1 Å². The van der Waals surface area contributed by atoms with Gasteiger partial charge < -0.3 is 10.2 Å². The summed E-state index contributed by atoms with van der Waals surface area (Å²) in [5.74, 6) is -2.78. The number of rotatable bonds is 5. The molecule has 0 bridgehead atoms. The van der Waals surface area contributed by atoms with E-state index in [-0.39, 0.29) is 21.8 Å². The number of anilines is 1. The summed E-state index contributed by atoms with van der Waals surface area (Å²) in [5, 5.41) is 15.1. The molecule has 1 N–H and O–H groups in total. The molecule has 0 saturated carbocycles. The molecule has 3 aliphatic rings. The van der Waals surface area contributed by atoms with Crippen LogP contribution in [-0.4, -0.2) is 33.3 Å². The van der Waals surface area contributed by atoms with Crippen molar-refractivity contribution in [2.24, 2.45) is 5.92 Å². The third-order valence-corrected chi connectivity index (χ3v) is 9.21. The molecular weight excluding hydrogens is 589 g/mol. The maximum absolute atomic E-state index is 14.8. The lowest BCUT2D eigenvalue weighted by Gasteiger charge is -2.38. The number of carbonyl (C=O) groups excluding carboxylic acids is 3. The summed E-state index contributed by atoms with van der Waals surface area (Å²) >= 11 is 12.7. The topological polar surface area (TPSA) is 110 Å². The molecule has 4 aromatic carbocycles. The van der Waals surface area contributed by atoms with Gasteiger partial charge >= 0.3 is 0 Å². The van der Waals surface area contributed by atoms with E-state index in [1.807, 2.05) is 30.3 Å². The first-order valence-corrected chi connectivity index (χ1v) is 14.2. The number of fused-ring (bicyclic) bond motifs is 6. The Kier molecular flexibility index (Phi) is 6.23. The normalized spacial score (nSPS) is 23.0. The number of Topliss-reactive ketones (excluding diaryl/α,β-unsaturated/α-hetero) is 2. The molecule has 3 aliphatic heterocycles. The molecule has 0 aromatic heterocycles. The van der Waals surface area contributed by atoms with Crippen molar-refractivity contribution in [3.8, 4) is 0 Å². The quantitative estimate of drug-likeness (QED) is 0.150. The van der Waals surface area contributed by atoms with Crippen LogP contribution < -0.4 is 5.32 Å². The van der Waals surface area contributed by atoms with Gasteiger partial charge in [-0.1, -0.05) is 77.8 Å². The smallest absolute Gasteiger partial charge is 0.270 e. The monoisotopic (exact) mass is 609 g/mol. The molecule has 212 valence electrons. The summed E-state index contributed by atoms with van der Waals surface area (Å²) in [6, 6.07) is 22.6. The molecule has 8 nitrogen and oxygen atoms in total. The Bertz CT molecular complexity index is 1920. The van der Waals surface area contributed by atoms with Gasteiger partial charge in [0.25, 0.3) is 5.69 Å². The van der Waals surface area contributed by atoms with Gasteiger partial charge in [0.15, 0.2) is 11.6 Å². The van der Waals surface area contributed by atoms with Gasteiger partial charge in [-0.15, -0.1) is 0 Å². The highest BCUT2D eigenvalue weighted by Gasteiger charge is 2.70. The van der Waals surface area contributed by atoms with Gasteiger partial charge in [0.05, 0.1) is 21.9 Å². The van der Waals surface area contributed by atoms with E-state index in [2.05, 4.69) is 5.32 Å². The minimum Gasteiger partial charge on any atom is -0.358 e. The Hall–Kier alpha value is -4.79. The van der Waals surface area contributed by atoms with E-state index in [0.29, 0.717) is 16.3 Å².